The molecule has 0 saturated carbocycles. The lowest BCUT2D eigenvalue weighted by molar-refractivity contribution is -0.117. The first-order valence-corrected chi connectivity index (χ1v) is 8.21. The molecule has 0 radical (unpaired) electrons. The molecule has 0 saturated heterocycles. The van der Waals surface area contributed by atoms with Gasteiger partial charge in [-0.3, -0.25) is 9.69 Å². The Hall–Kier alpha value is -1.26. The van der Waals surface area contributed by atoms with Crippen molar-refractivity contribution in [3.8, 4) is 5.75 Å². The summed E-state index contributed by atoms with van der Waals surface area (Å²) < 4.78 is 11.4. The lowest BCUT2D eigenvalue weighted by atomic mass is 10.1. The molecular weight excluding hydrogens is 302 g/mol. The Morgan fingerprint density at radius 1 is 1.36 bits per heavy atom. The summed E-state index contributed by atoms with van der Waals surface area (Å²) in [4.78, 5) is 13.8. The summed E-state index contributed by atoms with van der Waals surface area (Å²) in [5.41, 5.74) is 1.70. The second kappa shape index (κ2) is 9.70. The standard InChI is InChI=1S/C17H26ClNO3/c1-5-9-22-15-8-6-7-14(4)17(15)19(16(20)10-18)12-21-11-13(2)3/h6-8,13H,5,9-12H2,1-4H3. The smallest absolute Gasteiger partial charge is 0.243 e. The molecule has 124 valence electrons. The number of amides is 1. The van der Waals surface area contributed by atoms with Gasteiger partial charge in [-0.1, -0.05) is 32.9 Å². The predicted molar refractivity (Wildman–Crippen MR) is 90.8 cm³/mol. The van der Waals surface area contributed by atoms with E-state index in [0.29, 0.717) is 24.9 Å². The number of hydrogen-bond acceptors (Lipinski definition) is 3. The molecule has 0 unspecified atom stereocenters. The minimum absolute atomic E-state index is 0.0907. The van der Waals surface area contributed by atoms with E-state index in [-0.39, 0.29) is 18.5 Å². The van der Waals surface area contributed by atoms with Crippen LogP contribution < -0.4 is 9.64 Å². The van der Waals surface area contributed by atoms with Crippen LogP contribution in [0, 0.1) is 12.8 Å². The fourth-order valence-corrected chi connectivity index (χ4v) is 2.16. The third kappa shape index (κ3) is 5.50. The van der Waals surface area contributed by atoms with Gasteiger partial charge in [0, 0.05) is 0 Å². The topological polar surface area (TPSA) is 38.8 Å². The highest BCUT2D eigenvalue weighted by atomic mass is 35.5. The van der Waals surface area contributed by atoms with Crippen LogP contribution in [-0.4, -0.2) is 31.7 Å². The van der Waals surface area contributed by atoms with E-state index in [2.05, 4.69) is 13.8 Å². The number of aryl methyl sites for hydroxylation is 1. The number of benzene rings is 1. The van der Waals surface area contributed by atoms with Gasteiger partial charge in [0.2, 0.25) is 5.91 Å². The number of halogens is 1. The van der Waals surface area contributed by atoms with E-state index < -0.39 is 0 Å². The molecular formula is C17H26ClNO3. The Morgan fingerprint density at radius 2 is 2.09 bits per heavy atom. The van der Waals surface area contributed by atoms with Crippen LogP contribution in [0.15, 0.2) is 18.2 Å². The molecule has 0 heterocycles. The first kappa shape index (κ1) is 18.8. The Bertz CT molecular complexity index is 477. The minimum atomic E-state index is -0.193. The number of nitrogens with zero attached hydrogens (tertiary/aromatic N) is 1. The molecule has 0 spiro atoms. The molecule has 0 aliphatic carbocycles. The van der Waals surface area contributed by atoms with E-state index in [0.717, 1.165) is 17.7 Å². The summed E-state index contributed by atoms with van der Waals surface area (Å²) in [6, 6.07) is 5.74. The van der Waals surface area contributed by atoms with Gasteiger partial charge in [0.25, 0.3) is 0 Å². The molecule has 0 aromatic heterocycles. The largest absolute Gasteiger partial charge is 0.491 e. The molecule has 0 atom stereocenters. The molecule has 1 aromatic carbocycles. The van der Waals surface area contributed by atoms with Crippen molar-refractivity contribution in [2.75, 3.05) is 30.7 Å². The van der Waals surface area contributed by atoms with Crippen molar-refractivity contribution in [3.05, 3.63) is 23.8 Å². The third-order valence-electron chi connectivity index (χ3n) is 3.02. The van der Waals surface area contributed by atoms with Crippen molar-refractivity contribution < 1.29 is 14.3 Å². The molecule has 1 rings (SSSR count). The summed E-state index contributed by atoms with van der Waals surface area (Å²) in [6.07, 6.45) is 0.903. The fraction of sp³-hybridized carbons (Fsp3) is 0.588. The molecule has 22 heavy (non-hydrogen) atoms. The summed E-state index contributed by atoms with van der Waals surface area (Å²) in [5, 5.41) is 0. The van der Waals surface area contributed by atoms with Gasteiger partial charge in [0.05, 0.1) is 18.9 Å². The Morgan fingerprint density at radius 3 is 2.68 bits per heavy atom. The average molecular weight is 328 g/mol. The van der Waals surface area contributed by atoms with Gasteiger partial charge in [-0.25, -0.2) is 0 Å². The van der Waals surface area contributed by atoms with Gasteiger partial charge in [-0.05, 0) is 30.9 Å². The Labute approximate surface area is 138 Å². The van der Waals surface area contributed by atoms with Gasteiger partial charge in [-0.15, -0.1) is 11.6 Å². The zero-order valence-corrected chi connectivity index (χ0v) is 14.7. The number of ether oxygens (including phenoxy) is 2. The third-order valence-corrected chi connectivity index (χ3v) is 3.25. The number of para-hydroxylation sites is 1. The number of hydrogen-bond donors (Lipinski definition) is 0. The van der Waals surface area contributed by atoms with Crippen molar-refractivity contribution in [2.45, 2.75) is 34.1 Å². The summed E-state index contributed by atoms with van der Waals surface area (Å²) in [7, 11) is 0. The SMILES string of the molecule is CCCOc1cccc(C)c1N(COCC(C)C)C(=O)CCl. The van der Waals surface area contributed by atoms with E-state index in [1.165, 1.54) is 0 Å². The average Bonchev–Trinajstić information content (AvgIpc) is 2.49. The van der Waals surface area contributed by atoms with E-state index in [1.807, 2.05) is 32.0 Å². The van der Waals surface area contributed by atoms with Gasteiger partial charge >= 0.3 is 0 Å². The molecule has 0 aliphatic rings. The molecule has 1 aromatic rings. The summed E-state index contributed by atoms with van der Waals surface area (Å²) >= 11 is 5.76. The van der Waals surface area contributed by atoms with Crippen molar-refractivity contribution in [1.29, 1.82) is 0 Å². The van der Waals surface area contributed by atoms with Crippen LogP contribution in [-0.2, 0) is 9.53 Å². The van der Waals surface area contributed by atoms with Gasteiger partial charge < -0.3 is 9.47 Å². The molecule has 0 bridgehead atoms. The monoisotopic (exact) mass is 327 g/mol. The maximum atomic E-state index is 12.2. The number of rotatable bonds is 9. The van der Waals surface area contributed by atoms with Gasteiger partial charge in [0.15, 0.2) is 0 Å². The van der Waals surface area contributed by atoms with Crippen LogP contribution in [0.1, 0.15) is 32.8 Å². The van der Waals surface area contributed by atoms with Crippen LogP contribution in [0.4, 0.5) is 5.69 Å². The zero-order chi connectivity index (χ0) is 16.5. The molecule has 0 aliphatic heterocycles. The van der Waals surface area contributed by atoms with Gasteiger partial charge in [0.1, 0.15) is 18.4 Å². The molecule has 1 amide bonds. The number of alkyl halides is 1. The van der Waals surface area contributed by atoms with E-state index >= 15 is 0 Å². The normalized spacial score (nSPS) is 10.8. The predicted octanol–water partition coefficient (Wildman–Crippen LogP) is 3.99. The maximum Gasteiger partial charge on any atom is 0.243 e. The quantitative estimate of drug-likeness (QED) is 0.508. The molecule has 5 heteroatoms. The van der Waals surface area contributed by atoms with Crippen LogP contribution >= 0.6 is 11.6 Å². The Kier molecular flexibility index (Phi) is 8.28. The second-order valence-corrected chi connectivity index (χ2v) is 5.89. The highest BCUT2D eigenvalue weighted by molar-refractivity contribution is 6.29. The molecule has 0 fully saturated rings. The van der Waals surface area contributed by atoms with Crippen molar-refractivity contribution in [3.63, 3.8) is 0 Å². The molecule has 0 N–H and O–H groups in total. The lowest BCUT2D eigenvalue weighted by Gasteiger charge is -2.26. The highest BCUT2D eigenvalue weighted by Crippen LogP contribution is 2.32. The van der Waals surface area contributed by atoms with E-state index in [1.54, 1.807) is 4.90 Å². The van der Waals surface area contributed by atoms with Crippen LogP contribution in [0.25, 0.3) is 0 Å². The fourth-order valence-electron chi connectivity index (χ4n) is 2.02. The Balaban J connectivity index is 3.04. The van der Waals surface area contributed by atoms with Crippen LogP contribution in [0.5, 0.6) is 5.75 Å². The van der Waals surface area contributed by atoms with Crippen molar-refractivity contribution in [1.82, 2.24) is 0 Å². The first-order chi connectivity index (χ1) is 10.5. The van der Waals surface area contributed by atoms with Crippen LogP contribution in [0.3, 0.4) is 0 Å². The summed E-state index contributed by atoms with van der Waals surface area (Å²) in [5.74, 6) is 0.808. The maximum absolute atomic E-state index is 12.2. The lowest BCUT2D eigenvalue weighted by Crippen LogP contribution is -2.35. The van der Waals surface area contributed by atoms with E-state index in [4.69, 9.17) is 21.1 Å². The number of anilines is 1. The molecule has 4 nitrogen and oxygen atoms in total. The minimum Gasteiger partial charge on any atom is -0.491 e. The number of carbonyl (C=O) groups excluding carboxylic acids is 1. The second-order valence-electron chi connectivity index (χ2n) is 5.62. The van der Waals surface area contributed by atoms with Crippen molar-refractivity contribution in [2.24, 2.45) is 5.92 Å². The van der Waals surface area contributed by atoms with Crippen molar-refractivity contribution >= 4 is 23.2 Å². The highest BCUT2D eigenvalue weighted by Gasteiger charge is 2.21. The van der Waals surface area contributed by atoms with Gasteiger partial charge in [-0.2, -0.15) is 0 Å². The van der Waals surface area contributed by atoms with E-state index in [9.17, 15) is 4.79 Å². The summed E-state index contributed by atoms with van der Waals surface area (Å²) in [6.45, 7) is 9.49. The van der Waals surface area contributed by atoms with Crippen LogP contribution in [0.2, 0.25) is 0 Å². The first-order valence-electron chi connectivity index (χ1n) is 7.67. The zero-order valence-electron chi connectivity index (χ0n) is 13.9. The number of carbonyl (C=O) groups is 1.